The highest BCUT2D eigenvalue weighted by molar-refractivity contribution is 7.11. The fourth-order valence-electron chi connectivity index (χ4n) is 2.53. The van der Waals surface area contributed by atoms with Crippen LogP contribution in [0.1, 0.15) is 26.5 Å². The summed E-state index contributed by atoms with van der Waals surface area (Å²) in [6.07, 6.45) is 0.779. The Kier molecular flexibility index (Phi) is 4.53. The van der Waals surface area contributed by atoms with E-state index in [0.717, 1.165) is 40.0 Å². The van der Waals surface area contributed by atoms with Gasteiger partial charge in [-0.15, -0.1) is 11.3 Å². The van der Waals surface area contributed by atoms with Gasteiger partial charge in [-0.3, -0.25) is 4.79 Å². The van der Waals surface area contributed by atoms with Crippen LogP contribution in [0.3, 0.4) is 0 Å². The Balaban J connectivity index is 1.96. The van der Waals surface area contributed by atoms with Gasteiger partial charge in [0.05, 0.1) is 5.69 Å². The molecule has 4 heteroatoms. The topological polar surface area (TPSA) is 39.2 Å². The van der Waals surface area contributed by atoms with Crippen LogP contribution in [0, 0.1) is 13.8 Å². The van der Waals surface area contributed by atoms with Gasteiger partial charge in [-0.25, -0.2) is 4.98 Å². The summed E-state index contributed by atoms with van der Waals surface area (Å²) in [5.41, 5.74) is 5.04. The van der Waals surface area contributed by atoms with Crippen molar-refractivity contribution < 1.29 is 9.53 Å². The molecule has 0 radical (unpaired) electrons. The average molecular weight is 323 g/mol. The number of hydrogen-bond donors (Lipinski definition) is 0. The predicted octanol–water partition coefficient (Wildman–Crippen LogP) is 4.82. The number of carbonyl (C=O) groups is 1. The van der Waals surface area contributed by atoms with Crippen molar-refractivity contribution in [3.05, 3.63) is 69.5 Å². The Morgan fingerprint density at radius 2 is 1.96 bits per heavy atom. The zero-order valence-electron chi connectivity index (χ0n) is 13.1. The minimum atomic E-state index is 0.480. The second-order valence-corrected chi connectivity index (χ2v) is 6.31. The molecule has 3 aromatic rings. The number of aldehydes is 1. The van der Waals surface area contributed by atoms with Crippen molar-refractivity contribution in [2.45, 2.75) is 20.5 Å². The molecule has 0 unspecified atom stereocenters. The quantitative estimate of drug-likeness (QED) is 0.632. The molecule has 0 saturated heterocycles. The molecule has 0 saturated carbocycles. The van der Waals surface area contributed by atoms with Gasteiger partial charge in [0.1, 0.15) is 12.4 Å². The molecule has 0 atom stereocenters. The van der Waals surface area contributed by atoms with Crippen molar-refractivity contribution in [1.29, 1.82) is 0 Å². The molecule has 3 rings (SSSR count). The Labute approximate surface area is 139 Å². The van der Waals surface area contributed by atoms with Crippen LogP contribution in [0.4, 0.5) is 0 Å². The number of benzene rings is 2. The number of hydrogen-bond acceptors (Lipinski definition) is 4. The summed E-state index contributed by atoms with van der Waals surface area (Å²) in [5, 5.41) is 2.38. The van der Waals surface area contributed by atoms with Gasteiger partial charge in [0.25, 0.3) is 0 Å². The van der Waals surface area contributed by atoms with Crippen LogP contribution in [0.25, 0.3) is 11.3 Å². The lowest BCUT2D eigenvalue weighted by atomic mass is 10.0. The van der Waals surface area contributed by atoms with Gasteiger partial charge >= 0.3 is 0 Å². The zero-order chi connectivity index (χ0) is 16.2. The number of aromatic nitrogens is 1. The maximum atomic E-state index is 10.9. The van der Waals surface area contributed by atoms with Crippen molar-refractivity contribution in [3.63, 3.8) is 0 Å². The first kappa shape index (κ1) is 15.4. The van der Waals surface area contributed by atoms with Gasteiger partial charge in [-0.1, -0.05) is 36.4 Å². The highest BCUT2D eigenvalue weighted by Gasteiger charge is 2.14. The molecule has 0 amide bonds. The molecule has 23 heavy (non-hydrogen) atoms. The Bertz CT molecular complexity index is 825. The number of thiazole rings is 1. The molecular formula is C19H17NO2S. The van der Waals surface area contributed by atoms with Crippen molar-refractivity contribution >= 4 is 17.6 Å². The Hall–Kier alpha value is -2.46. The minimum absolute atomic E-state index is 0.480. The molecule has 0 aliphatic heterocycles. The smallest absolute Gasteiger partial charge is 0.178 e. The van der Waals surface area contributed by atoms with Crippen LogP contribution in [0.2, 0.25) is 0 Å². The number of nitrogens with zero attached hydrogens (tertiary/aromatic N) is 1. The third-order valence-corrected chi connectivity index (χ3v) is 4.31. The van der Waals surface area contributed by atoms with E-state index in [2.05, 4.69) is 17.1 Å². The molecule has 1 aromatic heterocycles. The summed E-state index contributed by atoms with van der Waals surface area (Å²) >= 11 is 1.34. The highest BCUT2D eigenvalue weighted by Crippen LogP contribution is 2.35. The van der Waals surface area contributed by atoms with E-state index in [0.29, 0.717) is 11.6 Å². The highest BCUT2D eigenvalue weighted by atomic mass is 32.1. The van der Waals surface area contributed by atoms with Gasteiger partial charge in [0.15, 0.2) is 11.3 Å². The maximum absolute atomic E-state index is 10.9. The lowest BCUT2D eigenvalue weighted by Gasteiger charge is -2.14. The molecule has 116 valence electrons. The molecule has 1 heterocycles. The minimum Gasteiger partial charge on any atom is -0.488 e. The van der Waals surface area contributed by atoms with Crippen LogP contribution in [-0.4, -0.2) is 11.3 Å². The lowest BCUT2D eigenvalue weighted by molar-refractivity contribution is 0.112. The summed E-state index contributed by atoms with van der Waals surface area (Å²) in [6.45, 7) is 4.58. The molecule has 0 fully saturated rings. The second kappa shape index (κ2) is 6.75. The van der Waals surface area contributed by atoms with Crippen molar-refractivity contribution in [2.75, 3.05) is 0 Å². The van der Waals surface area contributed by atoms with Gasteiger partial charge in [-0.2, -0.15) is 0 Å². The van der Waals surface area contributed by atoms with E-state index in [1.807, 2.05) is 49.6 Å². The van der Waals surface area contributed by atoms with E-state index < -0.39 is 0 Å². The standard InChI is InChI=1S/C19H17NO2S/c1-13-8-14(2)19(22-11-15-6-4-3-5-7-15)16(9-13)17-12-23-18(10-21)20-17/h3-10,12H,11H2,1-2H3. The van der Waals surface area contributed by atoms with Crippen LogP contribution in [-0.2, 0) is 6.61 Å². The first-order valence-electron chi connectivity index (χ1n) is 7.36. The monoisotopic (exact) mass is 323 g/mol. The van der Waals surface area contributed by atoms with Crippen LogP contribution < -0.4 is 4.74 Å². The van der Waals surface area contributed by atoms with Gasteiger partial charge in [0, 0.05) is 10.9 Å². The SMILES string of the molecule is Cc1cc(C)c(OCc2ccccc2)c(-c2csc(C=O)n2)c1. The molecule has 2 aromatic carbocycles. The normalized spacial score (nSPS) is 10.5. The lowest BCUT2D eigenvalue weighted by Crippen LogP contribution is -1.99. The summed E-state index contributed by atoms with van der Waals surface area (Å²) in [4.78, 5) is 15.3. The van der Waals surface area contributed by atoms with Gasteiger partial charge < -0.3 is 4.74 Å². The van der Waals surface area contributed by atoms with E-state index >= 15 is 0 Å². The maximum Gasteiger partial charge on any atom is 0.178 e. The molecule has 0 spiro atoms. The number of aryl methyl sites for hydroxylation is 2. The van der Waals surface area contributed by atoms with E-state index in [9.17, 15) is 4.79 Å². The Morgan fingerprint density at radius 1 is 1.17 bits per heavy atom. The van der Waals surface area contributed by atoms with Crippen molar-refractivity contribution in [1.82, 2.24) is 4.98 Å². The largest absolute Gasteiger partial charge is 0.488 e. The van der Waals surface area contributed by atoms with Gasteiger partial charge in [-0.05, 0) is 36.6 Å². The molecule has 0 aliphatic rings. The van der Waals surface area contributed by atoms with E-state index in [-0.39, 0.29) is 0 Å². The Morgan fingerprint density at radius 3 is 2.65 bits per heavy atom. The molecule has 0 N–H and O–H groups in total. The number of ether oxygens (including phenoxy) is 1. The summed E-state index contributed by atoms with van der Waals surface area (Å²) in [6, 6.07) is 14.2. The van der Waals surface area contributed by atoms with E-state index in [1.165, 1.54) is 11.3 Å². The number of rotatable bonds is 5. The fraction of sp³-hybridized carbons (Fsp3) is 0.158. The summed E-state index contributed by atoms with van der Waals surface area (Å²) in [5.74, 6) is 0.821. The molecule has 3 nitrogen and oxygen atoms in total. The summed E-state index contributed by atoms with van der Waals surface area (Å²) in [7, 11) is 0. The van der Waals surface area contributed by atoms with E-state index in [1.54, 1.807) is 0 Å². The molecule has 0 bridgehead atoms. The predicted molar refractivity (Wildman–Crippen MR) is 93.2 cm³/mol. The second-order valence-electron chi connectivity index (χ2n) is 5.42. The third kappa shape index (κ3) is 3.48. The van der Waals surface area contributed by atoms with Crippen LogP contribution in [0.5, 0.6) is 5.75 Å². The van der Waals surface area contributed by atoms with E-state index in [4.69, 9.17) is 4.74 Å². The fourth-order valence-corrected chi connectivity index (χ4v) is 3.15. The average Bonchev–Trinajstić information content (AvgIpc) is 3.03. The van der Waals surface area contributed by atoms with Crippen LogP contribution >= 0.6 is 11.3 Å². The van der Waals surface area contributed by atoms with Gasteiger partial charge in [0.2, 0.25) is 0 Å². The van der Waals surface area contributed by atoms with Crippen molar-refractivity contribution in [3.8, 4) is 17.0 Å². The first-order valence-corrected chi connectivity index (χ1v) is 8.24. The third-order valence-electron chi connectivity index (χ3n) is 3.54. The summed E-state index contributed by atoms with van der Waals surface area (Å²) < 4.78 is 6.08. The first-order chi connectivity index (χ1) is 11.2. The zero-order valence-corrected chi connectivity index (χ0v) is 13.9. The number of carbonyl (C=O) groups excluding carboxylic acids is 1. The molecule has 0 aliphatic carbocycles. The van der Waals surface area contributed by atoms with Crippen LogP contribution in [0.15, 0.2) is 47.8 Å². The van der Waals surface area contributed by atoms with Crippen molar-refractivity contribution in [2.24, 2.45) is 0 Å². The molecular weight excluding hydrogens is 306 g/mol.